The van der Waals surface area contributed by atoms with E-state index in [4.69, 9.17) is 0 Å². The summed E-state index contributed by atoms with van der Waals surface area (Å²) < 4.78 is 0. The van der Waals surface area contributed by atoms with Gasteiger partial charge in [-0.1, -0.05) is 96.5 Å². The van der Waals surface area contributed by atoms with Gasteiger partial charge < -0.3 is 0 Å². The van der Waals surface area contributed by atoms with E-state index in [0.717, 1.165) is 0 Å². The minimum Gasteiger partial charge on any atom is -0.250 e. The molecule has 1 nitrogen and oxygen atoms in total. The first-order valence-corrected chi connectivity index (χ1v) is 11.0. The molecule has 0 saturated heterocycles. The molecule has 1 heterocycles. The quantitative estimate of drug-likeness (QED) is 0.199. The first-order valence-electron chi connectivity index (χ1n) is 9.97. The van der Waals surface area contributed by atoms with Crippen LogP contribution in [0.1, 0.15) is 96.8 Å². The second-order valence-corrected chi connectivity index (χ2v) is 7.73. The van der Waals surface area contributed by atoms with Crippen LogP contribution in [0.5, 0.6) is 0 Å². The first kappa shape index (κ1) is 24.0. The zero-order chi connectivity index (χ0) is 16.4. The van der Waals surface area contributed by atoms with Crippen LogP contribution in [0, 0.1) is 0 Å². The Hall–Kier alpha value is -0.0200. The summed E-state index contributed by atoms with van der Waals surface area (Å²) in [5.41, 5.74) is 0. The highest BCUT2D eigenvalue weighted by atomic mass is 79.9. The van der Waals surface area contributed by atoms with E-state index in [0.29, 0.717) is 0 Å². The van der Waals surface area contributed by atoms with Gasteiger partial charge in [-0.3, -0.25) is 0 Å². The summed E-state index contributed by atoms with van der Waals surface area (Å²) >= 11 is 1.89. The summed E-state index contributed by atoms with van der Waals surface area (Å²) in [4.78, 5) is 4.35. The van der Waals surface area contributed by atoms with E-state index >= 15 is 0 Å². The summed E-state index contributed by atoms with van der Waals surface area (Å²) in [6.45, 7) is 2.29. The van der Waals surface area contributed by atoms with Crippen molar-refractivity contribution in [1.82, 2.24) is 4.98 Å². The molecule has 1 aromatic heterocycles. The molecule has 0 amide bonds. The van der Waals surface area contributed by atoms with Crippen molar-refractivity contribution in [3.63, 3.8) is 0 Å². The molecule has 0 aliphatic carbocycles. The minimum absolute atomic E-state index is 0. The van der Waals surface area contributed by atoms with Gasteiger partial charge in [0.1, 0.15) is 0 Å². The topological polar surface area (TPSA) is 12.9 Å². The maximum Gasteiger partial charge on any atom is 0.0959 e. The lowest BCUT2D eigenvalue weighted by Crippen LogP contribution is -1.85. The van der Waals surface area contributed by atoms with Crippen molar-refractivity contribution in [3.05, 3.63) is 24.4 Å². The number of nitrogens with zero attached hydrogens (tertiary/aromatic N) is 1. The number of hydrogen-bond acceptors (Lipinski definition) is 2. The minimum atomic E-state index is 0. The fourth-order valence-electron chi connectivity index (χ4n) is 2.91. The van der Waals surface area contributed by atoms with Crippen molar-refractivity contribution in [1.29, 1.82) is 0 Å². The number of pyridine rings is 1. The molecule has 0 radical (unpaired) electrons. The Balaban J connectivity index is 0.00000529. The van der Waals surface area contributed by atoms with Gasteiger partial charge in [-0.25, -0.2) is 4.98 Å². The summed E-state index contributed by atoms with van der Waals surface area (Å²) in [7, 11) is 0. The van der Waals surface area contributed by atoms with Crippen LogP contribution >= 0.6 is 28.7 Å². The Bertz CT molecular complexity index is 345. The third kappa shape index (κ3) is 15.5. The van der Waals surface area contributed by atoms with Gasteiger partial charge in [0.05, 0.1) is 5.03 Å². The molecule has 0 N–H and O–H groups in total. The molecule has 0 fully saturated rings. The van der Waals surface area contributed by atoms with E-state index in [1.54, 1.807) is 0 Å². The molecule has 0 aliphatic rings. The predicted molar refractivity (Wildman–Crippen MR) is 116 cm³/mol. The van der Waals surface area contributed by atoms with Crippen LogP contribution in [0.3, 0.4) is 0 Å². The van der Waals surface area contributed by atoms with Gasteiger partial charge in [-0.15, -0.1) is 28.7 Å². The number of hydrogen-bond donors (Lipinski definition) is 0. The highest BCUT2D eigenvalue weighted by molar-refractivity contribution is 8.93. The van der Waals surface area contributed by atoms with Gasteiger partial charge in [0.15, 0.2) is 0 Å². The van der Waals surface area contributed by atoms with Gasteiger partial charge in [-0.2, -0.15) is 0 Å². The second kappa shape index (κ2) is 19.3. The predicted octanol–water partition coefficient (Wildman–Crippen LogP) is 8.23. The largest absolute Gasteiger partial charge is 0.250 e. The summed E-state index contributed by atoms with van der Waals surface area (Å²) in [5.74, 6) is 1.22. The van der Waals surface area contributed by atoms with Gasteiger partial charge in [-0.05, 0) is 24.3 Å². The molecule has 1 rings (SSSR count). The van der Waals surface area contributed by atoms with Crippen molar-refractivity contribution in [2.24, 2.45) is 0 Å². The molecular formula is C21H38BrNS. The van der Waals surface area contributed by atoms with Crippen LogP contribution in [0.15, 0.2) is 29.4 Å². The van der Waals surface area contributed by atoms with Crippen molar-refractivity contribution >= 4 is 28.7 Å². The Labute approximate surface area is 165 Å². The van der Waals surface area contributed by atoms with Gasteiger partial charge >= 0.3 is 0 Å². The van der Waals surface area contributed by atoms with Gasteiger partial charge in [0, 0.05) is 6.20 Å². The van der Waals surface area contributed by atoms with Crippen molar-refractivity contribution < 1.29 is 0 Å². The van der Waals surface area contributed by atoms with E-state index in [2.05, 4.69) is 24.0 Å². The number of thioether (sulfide) groups is 1. The van der Waals surface area contributed by atoms with Crippen LogP contribution in [-0.4, -0.2) is 10.7 Å². The average Bonchev–Trinajstić information content (AvgIpc) is 2.59. The Morgan fingerprint density at radius 1 is 0.708 bits per heavy atom. The Morgan fingerprint density at radius 2 is 1.21 bits per heavy atom. The number of unbranched alkanes of at least 4 members (excludes halogenated alkanes) is 13. The molecule has 1 aromatic rings. The SMILES string of the molecule is Br.CCCCCCCCCCCCCCCCSc1ccccn1. The zero-order valence-corrected chi connectivity index (χ0v) is 18.2. The highest BCUT2D eigenvalue weighted by Gasteiger charge is 1.96. The number of rotatable bonds is 16. The van der Waals surface area contributed by atoms with Gasteiger partial charge in [0.25, 0.3) is 0 Å². The zero-order valence-electron chi connectivity index (χ0n) is 15.7. The lowest BCUT2D eigenvalue weighted by Gasteiger charge is -2.03. The number of aromatic nitrogens is 1. The lowest BCUT2D eigenvalue weighted by molar-refractivity contribution is 0.538. The van der Waals surface area contributed by atoms with E-state index in [1.807, 2.05) is 24.0 Å². The normalized spacial score (nSPS) is 10.5. The molecule has 24 heavy (non-hydrogen) atoms. The summed E-state index contributed by atoms with van der Waals surface area (Å²) in [6.07, 6.45) is 21.9. The van der Waals surface area contributed by atoms with Crippen molar-refractivity contribution in [2.45, 2.75) is 102 Å². The molecule has 0 aliphatic heterocycles. The first-order chi connectivity index (χ1) is 11.4. The molecular weight excluding hydrogens is 378 g/mol. The average molecular weight is 417 g/mol. The molecule has 0 saturated carbocycles. The standard InChI is InChI=1S/C21H37NS.BrH/c1-2-3-4-5-6-7-8-9-10-11-12-13-14-17-20-23-21-18-15-16-19-22-21;/h15-16,18-19H,2-14,17,20H2,1H3;1H. The lowest BCUT2D eigenvalue weighted by atomic mass is 10.0. The Morgan fingerprint density at radius 3 is 1.67 bits per heavy atom. The highest BCUT2D eigenvalue weighted by Crippen LogP contribution is 2.17. The van der Waals surface area contributed by atoms with E-state index in [-0.39, 0.29) is 17.0 Å². The third-order valence-electron chi connectivity index (χ3n) is 4.39. The summed E-state index contributed by atoms with van der Waals surface area (Å²) in [6, 6.07) is 6.16. The molecule has 140 valence electrons. The van der Waals surface area contributed by atoms with Crippen LogP contribution in [0.25, 0.3) is 0 Å². The van der Waals surface area contributed by atoms with E-state index in [9.17, 15) is 0 Å². The number of halogens is 1. The molecule has 0 atom stereocenters. The fourth-order valence-corrected chi connectivity index (χ4v) is 3.77. The fraction of sp³-hybridized carbons (Fsp3) is 0.762. The molecule has 0 spiro atoms. The van der Waals surface area contributed by atoms with E-state index < -0.39 is 0 Å². The third-order valence-corrected chi connectivity index (χ3v) is 5.42. The van der Waals surface area contributed by atoms with Crippen LogP contribution in [-0.2, 0) is 0 Å². The van der Waals surface area contributed by atoms with Crippen LogP contribution in [0.4, 0.5) is 0 Å². The van der Waals surface area contributed by atoms with Crippen LogP contribution in [0.2, 0.25) is 0 Å². The maximum absolute atomic E-state index is 4.35. The maximum atomic E-state index is 4.35. The molecule has 3 heteroatoms. The molecule has 0 bridgehead atoms. The second-order valence-electron chi connectivity index (χ2n) is 6.61. The van der Waals surface area contributed by atoms with Crippen LogP contribution < -0.4 is 0 Å². The molecule has 0 aromatic carbocycles. The van der Waals surface area contributed by atoms with Crippen molar-refractivity contribution in [3.8, 4) is 0 Å². The summed E-state index contributed by atoms with van der Waals surface area (Å²) in [5, 5.41) is 1.17. The van der Waals surface area contributed by atoms with Crippen molar-refractivity contribution in [2.75, 3.05) is 5.75 Å². The molecule has 0 unspecified atom stereocenters. The smallest absolute Gasteiger partial charge is 0.0959 e. The Kier molecular flexibility index (Phi) is 19.3. The monoisotopic (exact) mass is 415 g/mol. The van der Waals surface area contributed by atoms with Gasteiger partial charge in [0.2, 0.25) is 0 Å². The van der Waals surface area contributed by atoms with E-state index in [1.165, 1.54) is 101 Å².